The quantitative estimate of drug-likeness (QED) is 0.857. The summed E-state index contributed by atoms with van der Waals surface area (Å²) in [7, 11) is 0. The summed E-state index contributed by atoms with van der Waals surface area (Å²) in [5, 5.41) is 2.69. The summed E-state index contributed by atoms with van der Waals surface area (Å²) in [6.45, 7) is 0.311. The number of aromatic nitrogens is 1. The van der Waals surface area contributed by atoms with E-state index in [0.717, 1.165) is 4.90 Å². The molecule has 0 unspecified atom stereocenters. The van der Waals surface area contributed by atoms with Crippen molar-refractivity contribution in [2.24, 2.45) is 0 Å². The third kappa shape index (κ3) is 2.46. The van der Waals surface area contributed by atoms with E-state index < -0.39 is 5.91 Å². The number of nitrogens with zero attached hydrogens (tertiary/aromatic N) is 2. The molecule has 6 heteroatoms. The predicted octanol–water partition coefficient (Wildman–Crippen LogP) is 1.11. The zero-order valence-corrected chi connectivity index (χ0v) is 11.7. The van der Waals surface area contributed by atoms with Crippen LogP contribution in [0.2, 0.25) is 0 Å². The van der Waals surface area contributed by atoms with Gasteiger partial charge in [-0.25, -0.2) is 0 Å². The molecule has 0 fully saturated rings. The van der Waals surface area contributed by atoms with Crippen molar-refractivity contribution < 1.29 is 14.4 Å². The maximum Gasteiger partial charge on any atom is 0.280 e. The standard InChI is InChI=1S/C16H13N3O3/c20-14(11-5-2-1-3-6-11)18-9-10-19-15(21)12-7-4-8-17-13(12)16(19)22/h1-8H,9-10H2,(H,18,20). The van der Waals surface area contributed by atoms with Crippen LogP contribution in [0.5, 0.6) is 0 Å². The Kier molecular flexibility index (Phi) is 3.65. The molecule has 1 aliphatic rings. The Bertz CT molecular complexity index is 708. The highest BCUT2D eigenvalue weighted by atomic mass is 16.2. The first-order chi connectivity index (χ1) is 10.7. The van der Waals surface area contributed by atoms with Gasteiger partial charge in [0.05, 0.1) is 5.56 Å². The second-order valence-electron chi connectivity index (χ2n) is 4.78. The fourth-order valence-corrected chi connectivity index (χ4v) is 2.29. The Morgan fingerprint density at radius 3 is 2.55 bits per heavy atom. The first kappa shape index (κ1) is 13.9. The third-order valence-electron chi connectivity index (χ3n) is 3.39. The number of carbonyl (C=O) groups excluding carboxylic acids is 3. The number of rotatable bonds is 4. The van der Waals surface area contributed by atoms with Gasteiger partial charge in [-0.05, 0) is 24.3 Å². The first-order valence-corrected chi connectivity index (χ1v) is 6.83. The van der Waals surface area contributed by atoms with Crippen LogP contribution >= 0.6 is 0 Å². The van der Waals surface area contributed by atoms with Crippen LogP contribution in [0.25, 0.3) is 0 Å². The van der Waals surface area contributed by atoms with E-state index in [-0.39, 0.29) is 30.6 Å². The van der Waals surface area contributed by atoms with Crippen molar-refractivity contribution >= 4 is 17.7 Å². The van der Waals surface area contributed by atoms with Gasteiger partial charge >= 0.3 is 0 Å². The van der Waals surface area contributed by atoms with E-state index in [9.17, 15) is 14.4 Å². The lowest BCUT2D eigenvalue weighted by Crippen LogP contribution is -2.38. The second kappa shape index (κ2) is 5.77. The first-order valence-electron chi connectivity index (χ1n) is 6.83. The van der Waals surface area contributed by atoms with E-state index in [1.54, 1.807) is 36.4 Å². The number of nitrogens with one attached hydrogen (secondary N) is 1. The lowest BCUT2D eigenvalue weighted by molar-refractivity contribution is 0.0648. The molecule has 1 aliphatic heterocycles. The van der Waals surface area contributed by atoms with Crippen molar-refractivity contribution in [2.75, 3.05) is 13.1 Å². The molecule has 2 aromatic rings. The smallest absolute Gasteiger partial charge is 0.280 e. The number of imide groups is 1. The van der Waals surface area contributed by atoms with Crippen LogP contribution in [-0.2, 0) is 0 Å². The molecule has 22 heavy (non-hydrogen) atoms. The second-order valence-corrected chi connectivity index (χ2v) is 4.78. The third-order valence-corrected chi connectivity index (χ3v) is 3.39. The summed E-state index contributed by atoms with van der Waals surface area (Å²) in [5.74, 6) is -1.04. The number of hydrogen-bond acceptors (Lipinski definition) is 4. The van der Waals surface area contributed by atoms with E-state index in [2.05, 4.69) is 10.3 Å². The lowest BCUT2D eigenvalue weighted by Gasteiger charge is -2.13. The molecular formula is C16H13N3O3. The summed E-state index contributed by atoms with van der Waals surface area (Å²) in [4.78, 5) is 41.1. The molecule has 1 aromatic carbocycles. The van der Waals surface area contributed by atoms with Gasteiger partial charge in [0.15, 0.2) is 0 Å². The van der Waals surface area contributed by atoms with E-state index in [0.29, 0.717) is 11.1 Å². The van der Waals surface area contributed by atoms with Crippen molar-refractivity contribution in [3.05, 3.63) is 65.5 Å². The van der Waals surface area contributed by atoms with Crippen LogP contribution in [0.3, 0.4) is 0 Å². The molecule has 0 spiro atoms. The fraction of sp³-hybridized carbons (Fsp3) is 0.125. The molecule has 2 heterocycles. The van der Waals surface area contributed by atoms with E-state index in [4.69, 9.17) is 0 Å². The van der Waals surface area contributed by atoms with Gasteiger partial charge in [0.25, 0.3) is 17.7 Å². The number of fused-ring (bicyclic) bond motifs is 1. The largest absolute Gasteiger partial charge is 0.350 e. The normalized spacial score (nSPS) is 13.2. The van der Waals surface area contributed by atoms with Crippen LogP contribution in [-0.4, -0.2) is 40.7 Å². The van der Waals surface area contributed by atoms with Gasteiger partial charge in [-0.15, -0.1) is 0 Å². The van der Waals surface area contributed by atoms with Gasteiger partial charge in [0.2, 0.25) is 0 Å². The van der Waals surface area contributed by atoms with E-state index in [1.807, 2.05) is 6.07 Å². The maximum absolute atomic E-state index is 12.1. The Morgan fingerprint density at radius 2 is 1.82 bits per heavy atom. The minimum atomic E-state index is -0.422. The summed E-state index contributed by atoms with van der Waals surface area (Å²) < 4.78 is 0. The molecule has 0 atom stereocenters. The zero-order valence-electron chi connectivity index (χ0n) is 11.7. The minimum Gasteiger partial charge on any atom is -0.350 e. The minimum absolute atomic E-state index is 0.118. The van der Waals surface area contributed by atoms with Gasteiger partial charge < -0.3 is 5.32 Å². The monoisotopic (exact) mass is 295 g/mol. The summed E-state index contributed by atoms with van der Waals surface area (Å²) in [6, 6.07) is 11.9. The highest BCUT2D eigenvalue weighted by molar-refractivity contribution is 6.20. The Balaban J connectivity index is 1.61. The highest BCUT2D eigenvalue weighted by Gasteiger charge is 2.36. The van der Waals surface area contributed by atoms with Crippen LogP contribution in [0.15, 0.2) is 48.7 Å². The fourth-order valence-electron chi connectivity index (χ4n) is 2.29. The Morgan fingerprint density at radius 1 is 1.05 bits per heavy atom. The number of benzene rings is 1. The van der Waals surface area contributed by atoms with Gasteiger partial charge in [0, 0.05) is 24.8 Å². The zero-order chi connectivity index (χ0) is 15.5. The number of pyridine rings is 1. The van der Waals surface area contributed by atoms with Gasteiger partial charge in [0.1, 0.15) is 5.69 Å². The highest BCUT2D eigenvalue weighted by Crippen LogP contribution is 2.19. The average molecular weight is 295 g/mol. The molecule has 0 saturated carbocycles. The van der Waals surface area contributed by atoms with Crippen molar-refractivity contribution in [1.82, 2.24) is 15.2 Å². The molecule has 3 rings (SSSR count). The van der Waals surface area contributed by atoms with Crippen LogP contribution in [0.4, 0.5) is 0 Å². The van der Waals surface area contributed by atoms with Crippen molar-refractivity contribution in [2.45, 2.75) is 0 Å². The molecular weight excluding hydrogens is 282 g/mol. The van der Waals surface area contributed by atoms with Crippen molar-refractivity contribution in [1.29, 1.82) is 0 Å². The molecule has 3 amide bonds. The molecule has 6 nitrogen and oxygen atoms in total. The molecule has 0 radical (unpaired) electrons. The molecule has 110 valence electrons. The SMILES string of the molecule is O=C(NCCN1C(=O)c2cccnc2C1=O)c1ccccc1. The summed E-state index contributed by atoms with van der Waals surface area (Å²) >= 11 is 0. The molecule has 1 N–H and O–H groups in total. The molecule has 0 saturated heterocycles. The van der Waals surface area contributed by atoms with E-state index >= 15 is 0 Å². The van der Waals surface area contributed by atoms with Crippen molar-refractivity contribution in [3.8, 4) is 0 Å². The topological polar surface area (TPSA) is 79.4 Å². The van der Waals surface area contributed by atoms with Gasteiger partial charge in [-0.2, -0.15) is 0 Å². The van der Waals surface area contributed by atoms with Crippen LogP contribution < -0.4 is 5.32 Å². The maximum atomic E-state index is 12.1. The Labute approximate surface area is 126 Å². The number of amides is 3. The molecule has 0 bridgehead atoms. The Hall–Kier alpha value is -3.02. The van der Waals surface area contributed by atoms with Gasteiger partial charge in [-0.3, -0.25) is 24.3 Å². The predicted molar refractivity (Wildman–Crippen MR) is 78.4 cm³/mol. The van der Waals surface area contributed by atoms with Crippen LogP contribution in [0, 0.1) is 0 Å². The molecule has 0 aliphatic carbocycles. The number of hydrogen-bond donors (Lipinski definition) is 1. The van der Waals surface area contributed by atoms with E-state index in [1.165, 1.54) is 6.20 Å². The summed E-state index contributed by atoms with van der Waals surface area (Å²) in [5.41, 5.74) is 1.01. The van der Waals surface area contributed by atoms with Crippen LogP contribution in [0.1, 0.15) is 31.2 Å². The van der Waals surface area contributed by atoms with Gasteiger partial charge in [-0.1, -0.05) is 18.2 Å². The lowest BCUT2D eigenvalue weighted by atomic mass is 10.2. The summed E-state index contributed by atoms with van der Waals surface area (Å²) in [6.07, 6.45) is 1.48. The van der Waals surface area contributed by atoms with Crippen molar-refractivity contribution in [3.63, 3.8) is 0 Å². The number of carbonyl (C=O) groups is 3. The average Bonchev–Trinajstić information content (AvgIpc) is 2.81. The molecule has 1 aromatic heterocycles.